The van der Waals surface area contributed by atoms with Gasteiger partial charge in [0.2, 0.25) is 0 Å². The third-order valence-electron chi connectivity index (χ3n) is 3.35. The maximum Gasteiger partial charge on any atom is 0.410 e. The van der Waals surface area contributed by atoms with Gasteiger partial charge in [-0.3, -0.25) is 0 Å². The van der Waals surface area contributed by atoms with Crippen LogP contribution in [0.25, 0.3) is 5.57 Å². The normalized spacial score (nSPS) is 15.6. The van der Waals surface area contributed by atoms with Crippen LogP contribution in [0.5, 0.6) is 0 Å². The number of rotatable bonds is 1. The Kier molecular flexibility index (Phi) is 4.21. The van der Waals surface area contributed by atoms with Crippen molar-refractivity contribution in [3.05, 3.63) is 29.5 Å². The standard InChI is InChI=1S/C16H23N3O2/c1-11-9-13(10-18-14(11)17)12-5-7-19(8-6-12)15(20)21-16(2,3)4/h5,9-10H,6-8H2,1-4H3,(H2,17,18). The van der Waals surface area contributed by atoms with Crippen molar-refractivity contribution in [2.75, 3.05) is 18.8 Å². The monoisotopic (exact) mass is 289 g/mol. The second-order valence-corrected chi connectivity index (χ2v) is 6.33. The second-order valence-electron chi connectivity index (χ2n) is 6.33. The number of nitrogens with zero attached hydrogens (tertiary/aromatic N) is 2. The number of hydrogen-bond donors (Lipinski definition) is 1. The van der Waals surface area contributed by atoms with Crippen molar-refractivity contribution < 1.29 is 9.53 Å². The number of aryl methyl sites for hydroxylation is 1. The van der Waals surface area contributed by atoms with Crippen molar-refractivity contribution in [3.8, 4) is 0 Å². The first-order valence-electron chi connectivity index (χ1n) is 7.16. The summed E-state index contributed by atoms with van der Waals surface area (Å²) in [4.78, 5) is 17.9. The van der Waals surface area contributed by atoms with E-state index in [4.69, 9.17) is 10.5 Å². The van der Waals surface area contributed by atoms with Gasteiger partial charge in [-0.1, -0.05) is 6.08 Å². The minimum Gasteiger partial charge on any atom is -0.444 e. The van der Waals surface area contributed by atoms with Gasteiger partial charge in [0, 0.05) is 19.3 Å². The molecule has 0 aromatic carbocycles. The van der Waals surface area contributed by atoms with E-state index in [1.807, 2.05) is 33.8 Å². The fourth-order valence-corrected chi connectivity index (χ4v) is 2.18. The van der Waals surface area contributed by atoms with Crippen molar-refractivity contribution in [1.29, 1.82) is 0 Å². The summed E-state index contributed by atoms with van der Waals surface area (Å²) in [7, 11) is 0. The molecule has 0 spiro atoms. The second kappa shape index (κ2) is 5.76. The van der Waals surface area contributed by atoms with Crippen molar-refractivity contribution >= 4 is 17.5 Å². The average Bonchev–Trinajstić information content (AvgIpc) is 2.40. The highest BCUT2D eigenvalue weighted by atomic mass is 16.6. The number of hydrogen-bond acceptors (Lipinski definition) is 4. The van der Waals surface area contributed by atoms with Gasteiger partial charge in [0.15, 0.2) is 0 Å². The number of amides is 1. The van der Waals surface area contributed by atoms with Gasteiger partial charge >= 0.3 is 6.09 Å². The number of ether oxygens (including phenoxy) is 1. The summed E-state index contributed by atoms with van der Waals surface area (Å²) >= 11 is 0. The van der Waals surface area contributed by atoms with Gasteiger partial charge in [-0.2, -0.15) is 0 Å². The van der Waals surface area contributed by atoms with Crippen LogP contribution in [0.15, 0.2) is 18.3 Å². The fourth-order valence-electron chi connectivity index (χ4n) is 2.18. The minimum absolute atomic E-state index is 0.260. The highest BCUT2D eigenvalue weighted by Gasteiger charge is 2.23. The predicted octanol–water partition coefficient (Wildman–Crippen LogP) is 3.00. The zero-order valence-electron chi connectivity index (χ0n) is 13.1. The topological polar surface area (TPSA) is 68.5 Å². The van der Waals surface area contributed by atoms with Crippen molar-refractivity contribution in [1.82, 2.24) is 9.88 Å². The van der Waals surface area contributed by atoms with Crippen LogP contribution in [0.1, 0.15) is 38.3 Å². The van der Waals surface area contributed by atoms with Crippen LogP contribution >= 0.6 is 0 Å². The third kappa shape index (κ3) is 3.97. The summed E-state index contributed by atoms with van der Waals surface area (Å²) in [6, 6.07) is 2.04. The SMILES string of the molecule is Cc1cc(C2=CCN(C(=O)OC(C)(C)C)CC2)cnc1N. The van der Waals surface area contributed by atoms with Crippen molar-refractivity contribution in [2.45, 2.75) is 39.7 Å². The molecule has 21 heavy (non-hydrogen) atoms. The molecule has 1 aromatic rings. The van der Waals surface area contributed by atoms with Gasteiger partial charge in [-0.05, 0) is 56.9 Å². The summed E-state index contributed by atoms with van der Waals surface area (Å²) < 4.78 is 5.38. The molecule has 0 saturated heterocycles. The Morgan fingerprint density at radius 2 is 2.14 bits per heavy atom. The van der Waals surface area contributed by atoms with Gasteiger partial charge < -0.3 is 15.4 Å². The molecule has 114 valence electrons. The van der Waals surface area contributed by atoms with Gasteiger partial charge in [0.1, 0.15) is 11.4 Å². The molecular formula is C16H23N3O2. The number of pyridine rings is 1. The first-order valence-corrected chi connectivity index (χ1v) is 7.16. The van der Waals surface area contributed by atoms with E-state index in [0.29, 0.717) is 18.9 Å². The Bertz CT molecular complexity index is 573. The summed E-state index contributed by atoms with van der Waals surface area (Å²) in [5.41, 5.74) is 8.53. The first kappa shape index (κ1) is 15.4. The number of carbonyl (C=O) groups excluding carboxylic acids is 1. The van der Waals surface area contributed by atoms with Crippen LogP contribution in [0.4, 0.5) is 10.6 Å². The highest BCUT2D eigenvalue weighted by molar-refractivity contribution is 5.73. The summed E-state index contributed by atoms with van der Waals surface area (Å²) in [6.07, 6.45) is 4.38. The van der Waals surface area contributed by atoms with E-state index in [9.17, 15) is 4.79 Å². The van der Waals surface area contributed by atoms with Crippen LogP contribution in [-0.4, -0.2) is 34.7 Å². The fraction of sp³-hybridized carbons (Fsp3) is 0.500. The van der Waals surface area contributed by atoms with Gasteiger partial charge in [-0.25, -0.2) is 9.78 Å². The average molecular weight is 289 g/mol. The molecule has 2 N–H and O–H groups in total. The van der Waals surface area contributed by atoms with E-state index in [-0.39, 0.29) is 6.09 Å². The zero-order chi connectivity index (χ0) is 15.6. The molecule has 2 heterocycles. The van der Waals surface area contributed by atoms with E-state index in [1.54, 1.807) is 11.1 Å². The summed E-state index contributed by atoms with van der Waals surface area (Å²) in [5, 5.41) is 0. The van der Waals surface area contributed by atoms with Gasteiger partial charge in [-0.15, -0.1) is 0 Å². The lowest BCUT2D eigenvalue weighted by molar-refractivity contribution is 0.0270. The van der Waals surface area contributed by atoms with Crippen LogP contribution in [-0.2, 0) is 4.74 Å². The quantitative estimate of drug-likeness (QED) is 0.863. The molecule has 5 heteroatoms. The minimum atomic E-state index is -0.459. The summed E-state index contributed by atoms with van der Waals surface area (Å²) in [5.74, 6) is 0.561. The highest BCUT2D eigenvalue weighted by Crippen LogP contribution is 2.24. The van der Waals surface area contributed by atoms with Crippen LogP contribution in [0.3, 0.4) is 0 Å². The Hall–Kier alpha value is -2.04. The Balaban J connectivity index is 2.05. The number of nitrogens with two attached hydrogens (primary N) is 1. The van der Waals surface area contributed by atoms with Crippen LogP contribution in [0, 0.1) is 6.92 Å². The van der Waals surface area contributed by atoms with Gasteiger partial charge in [0.25, 0.3) is 0 Å². The molecule has 1 aliphatic rings. The maximum atomic E-state index is 12.0. The van der Waals surface area contributed by atoms with E-state index < -0.39 is 5.60 Å². The number of carbonyl (C=O) groups is 1. The van der Waals surface area contributed by atoms with Crippen LogP contribution < -0.4 is 5.73 Å². The van der Waals surface area contributed by atoms with E-state index in [1.165, 1.54) is 5.57 Å². The van der Waals surface area contributed by atoms with E-state index >= 15 is 0 Å². The molecule has 0 radical (unpaired) electrons. The molecule has 0 saturated carbocycles. The molecule has 1 aliphatic heterocycles. The number of aromatic nitrogens is 1. The Morgan fingerprint density at radius 1 is 1.43 bits per heavy atom. The summed E-state index contributed by atoms with van der Waals surface area (Å²) in [6.45, 7) is 8.79. The molecule has 0 bridgehead atoms. The molecule has 0 atom stereocenters. The molecule has 0 unspecified atom stereocenters. The Labute approximate surface area is 125 Å². The smallest absolute Gasteiger partial charge is 0.410 e. The maximum absolute atomic E-state index is 12.0. The molecule has 1 amide bonds. The van der Waals surface area contributed by atoms with E-state index in [2.05, 4.69) is 11.1 Å². The largest absolute Gasteiger partial charge is 0.444 e. The van der Waals surface area contributed by atoms with E-state index in [0.717, 1.165) is 17.5 Å². The molecule has 2 rings (SSSR count). The van der Waals surface area contributed by atoms with Crippen LogP contribution in [0.2, 0.25) is 0 Å². The molecule has 1 aromatic heterocycles. The van der Waals surface area contributed by atoms with Crippen molar-refractivity contribution in [3.63, 3.8) is 0 Å². The Morgan fingerprint density at radius 3 is 2.67 bits per heavy atom. The molecule has 0 fully saturated rings. The number of nitrogen functional groups attached to an aromatic ring is 1. The lowest BCUT2D eigenvalue weighted by atomic mass is 10.00. The van der Waals surface area contributed by atoms with Gasteiger partial charge in [0.05, 0.1) is 0 Å². The third-order valence-corrected chi connectivity index (χ3v) is 3.35. The number of anilines is 1. The molecule has 0 aliphatic carbocycles. The zero-order valence-corrected chi connectivity index (χ0v) is 13.1. The van der Waals surface area contributed by atoms with Crippen molar-refractivity contribution in [2.24, 2.45) is 0 Å². The lowest BCUT2D eigenvalue weighted by Gasteiger charge is -2.29. The first-order chi connectivity index (χ1) is 9.76. The molecular weight excluding hydrogens is 266 g/mol. The lowest BCUT2D eigenvalue weighted by Crippen LogP contribution is -2.39. The molecule has 5 nitrogen and oxygen atoms in total. The predicted molar refractivity (Wildman–Crippen MR) is 83.8 cm³/mol.